The Hall–Kier alpha value is -1.55. The van der Waals surface area contributed by atoms with Crippen LogP contribution in [0.2, 0.25) is 0 Å². The fraction of sp³-hybridized carbons (Fsp3) is 0.333. The fourth-order valence-electron chi connectivity index (χ4n) is 1.77. The molecule has 1 N–H and O–H groups in total. The van der Waals surface area contributed by atoms with Crippen molar-refractivity contribution < 1.29 is 9.59 Å². The molecule has 1 amide bonds. The van der Waals surface area contributed by atoms with Crippen LogP contribution in [0.25, 0.3) is 0 Å². The molecule has 0 unspecified atom stereocenters. The summed E-state index contributed by atoms with van der Waals surface area (Å²) in [5.74, 6) is 0.263. The van der Waals surface area contributed by atoms with Gasteiger partial charge in [0.1, 0.15) is 0 Å². The molecule has 0 radical (unpaired) electrons. The maximum atomic E-state index is 12.0. The van der Waals surface area contributed by atoms with Crippen molar-refractivity contribution in [1.29, 1.82) is 0 Å². The average Bonchev–Trinajstić information content (AvgIpc) is 2.74. The smallest absolute Gasteiger partial charge is 0.235 e. The molecule has 1 aliphatic rings. The van der Waals surface area contributed by atoms with Crippen LogP contribution in [-0.4, -0.2) is 17.4 Å². The topological polar surface area (TPSA) is 46.2 Å². The Morgan fingerprint density at radius 3 is 2.37 bits per heavy atom. The monoisotopic (exact) mass is 275 g/mol. The molecule has 4 heteroatoms. The maximum absolute atomic E-state index is 12.0. The molecule has 1 saturated heterocycles. The first kappa shape index (κ1) is 13.9. The van der Waals surface area contributed by atoms with Crippen LogP contribution in [0.15, 0.2) is 35.4 Å². The first-order chi connectivity index (χ1) is 8.86. The summed E-state index contributed by atoms with van der Waals surface area (Å²) in [4.78, 5) is 23.1. The summed E-state index contributed by atoms with van der Waals surface area (Å²) in [5.41, 5.74) is 1.91. The second-order valence-electron chi connectivity index (χ2n) is 5.54. The van der Waals surface area contributed by atoms with Gasteiger partial charge in [0.25, 0.3) is 0 Å². The molecule has 2 rings (SSSR count). The summed E-state index contributed by atoms with van der Waals surface area (Å²) in [6, 6.07) is 7.63. The van der Waals surface area contributed by atoms with E-state index in [-0.39, 0.29) is 17.1 Å². The Bertz CT molecular complexity index is 538. The van der Waals surface area contributed by atoms with Crippen molar-refractivity contribution in [2.75, 3.05) is 5.75 Å². The van der Waals surface area contributed by atoms with Crippen molar-refractivity contribution in [2.45, 2.75) is 26.2 Å². The number of hydrogen-bond donors (Lipinski definition) is 1. The van der Waals surface area contributed by atoms with Crippen molar-refractivity contribution in [3.05, 3.63) is 46.5 Å². The minimum atomic E-state index is -0.0786. The molecule has 1 aromatic carbocycles. The highest BCUT2D eigenvalue weighted by atomic mass is 32.2. The van der Waals surface area contributed by atoms with Crippen LogP contribution in [0, 0.1) is 0 Å². The van der Waals surface area contributed by atoms with E-state index in [9.17, 15) is 9.59 Å². The first-order valence-corrected chi connectivity index (χ1v) is 7.14. The van der Waals surface area contributed by atoms with Crippen LogP contribution in [-0.2, 0) is 10.2 Å². The molecule has 0 saturated carbocycles. The van der Waals surface area contributed by atoms with E-state index in [1.807, 2.05) is 24.3 Å². The molecule has 0 aromatic heterocycles. The van der Waals surface area contributed by atoms with Crippen molar-refractivity contribution in [3.8, 4) is 0 Å². The zero-order chi connectivity index (χ0) is 14.0. The molecule has 3 nitrogen and oxygen atoms in total. The number of carbonyl (C=O) groups is 2. The summed E-state index contributed by atoms with van der Waals surface area (Å²) < 4.78 is 0. The number of carbonyl (C=O) groups excluding carboxylic acids is 2. The standard InChI is InChI=1S/C15H17NO2S/c1-15(2,3)11-6-4-10(5-7-11)12(17)8-14-16-13(18)9-19-14/h4-8H,9H2,1-3H3,(H,16,18)/b14-8-. The summed E-state index contributed by atoms with van der Waals surface area (Å²) in [5, 5.41) is 3.29. The predicted octanol–water partition coefficient (Wildman–Crippen LogP) is 2.87. The fourth-order valence-corrected chi connectivity index (χ4v) is 2.50. The van der Waals surface area contributed by atoms with Crippen LogP contribution in [0.1, 0.15) is 36.7 Å². The van der Waals surface area contributed by atoms with Gasteiger partial charge in [-0.2, -0.15) is 0 Å². The van der Waals surface area contributed by atoms with Crippen molar-refractivity contribution in [1.82, 2.24) is 5.32 Å². The van der Waals surface area contributed by atoms with E-state index >= 15 is 0 Å². The molecule has 0 atom stereocenters. The van der Waals surface area contributed by atoms with E-state index in [2.05, 4.69) is 26.1 Å². The Morgan fingerprint density at radius 1 is 1.26 bits per heavy atom. The number of nitrogens with one attached hydrogen (secondary N) is 1. The van der Waals surface area contributed by atoms with E-state index in [4.69, 9.17) is 0 Å². The molecule has 0 spiro atoms. The zero-order valence-electron chi connectivity index (χ0n) is 11.3. The van der Waals surface area contributed by atoms with Gasteiger partial charge in [0.05, 0.1) is 10.8 Å². The SMILES string of the molecule is CC(C)(C)c1ccc(C(=O)/C=C2/NC(=O)CS2)cc1. The number of hydrogen-bond acceptors (Lipinski definition) is 3. The van der Waals surface area contributed by atoms with E-state index in [0.29, 0.717) is 16.3 Å². The summed E-state index contributed by atoms with van der Waals surface area (Å²) >= 11 is 1.36. The first-order valence-electron chi connectivity index (χ1n) is 6.15. The second kappa shape index (κ2) is 5.21. The largest absolute Gasteiger partial charge is 0.320 e. The Morgan fingerprint density at radius 2 is 1.89 bits per heavy atom. The number of rotatable bonds is 2. The van der Waals surface area contributed by atoms with Gasteiger partial charge < -0.3 is 5.32 Å². The number of benzene rings is 1. The van der Waals surface area contributed by atoms with Crippen molar-refractivity contribution >= 4 is 23.5 Å². The van der Waals surface area contributed by atoms with Gasteiger partial charge in [-0.15, -0.1) is 0 Å². The second-order valence-corrected chi connectivity index (χ2v) is 6.55. The highest BCUT2D eigenvalue weighted by molar-refractivity contribution is 8.04. The Kier molecular flexibility index (Phi) is 3.80. The Labute approximate surface area is 117 Å². The third-order valence-corrected chi connectivity index (χ3v) is 3.86. The normalized spacial score (nSPS) is 17.6. The number of ketones is 1. The van der Waals surface area contributed by atoms with Crippen LogP contribution < -0.4 is 5.32 Å². The lowest BCUT2D eigenvalue weighted by atomic mass is 9.86. The summed E-state index contributed by atoms with van der Waals surface area (Å²) in [6.45, 7) is 6.41. The number of amides is 1. The average molecular weight is 275 g/mol. The Balaban J connectivity index is 2.14. The number of thioether (sulfide) groups is 1. The molecule has 1 heterocycles. The lowest BCUT2D eigenvalue weighted by molar-refractivity contribution is -0.117. The van der Waals surface area contributed by atoms with E-state index in [1.165, 1.54) is 23.4 Å². The molecule has 1 aromatic rings. The van der Waals surface area contributed by atoms with Gasteiger partial charge in [-0.25, -0.2) is 0 Å². The van der Waals surface area contributed by atoms with Crippen LogP contribution in [0.5, 0.6) is 0 Å². The molecule has 100 valence electrons. The predicted molar refractivity (Wildman–Crippen MR) is 78.2 cm³/mol. The van der Waals surface area contributed by atoms with Gasteiger partial charge in [0, 0.05) is 11.6 Å². The third kappa shape index (κ3) is 3.47. The van der Waals surface area contributed by atoms with Crippen LogP contribution >= 0.6 is 11.8 Å². The van der Waals surface area contributed by atoms with Gasteiger partial charge in [-0.05, 0) is 11.0 Å². The van der Waals surface area contributed by atoms with Crippen LogP contribution in [0.3, 0.4) is 0 Å². The highest BCUT2D eigenvalue weighted by Gasteiger charge is 2.17. The van der Waals surface area contributed by atoms with Crippen LogP contribution in [0.4, 0.5) is 0 Å². The third-order valence-electron chi connectivity index (χ3n) is 2.92. The lowest BCUT2D eigenvalue weighted by Crippen LogP contribution is -2.15. The van der Waals surface area contributed by atoms with Gasteiger partial charge in [0.15, 0.2) is 5.78 Å². The molecule has 1 fully saturated rings. The van der Waals surface area contributed by atoms with Gasteiger partial charge in [-0.1, -0.05) is 56.8 Å². The quantitative estimate of drug-likeness (QED) is 0.667. The molecule has 19 heavy (non-hydrogen) atoms. The van der Waals surface area contributed by atoms with Crippen molar-refractivity contribution in [2.24, 2.45) is 0 Å². The maximum Gasteiger partial charge on any atom is 0.235 e. The molecule has 0 bridgehead atoms. The highest BCUT2D eigenvalue weighted by Crippen LogP contribution is 2.23. The van der Waals surface area contributed by atoms with Crippen molar-refractivity contribution in [3.63, 3.8) is 0 Å². The minimum Gasteiger partial charge on any atom is -0.320 e. The van der Waals surface area contributed by atoms with E-state index in [1.54, 1.807) is 0 Å². The van der Waals surface area contributed by atoms with E-state index < -0.39 is 0 Å². The lowest BCUT2D eigenvalue weighted by Gasteiger charge is -2.18. The zero-order valence-corrected chi connectivity index (χ0v) is 12.1. The molecular formula is C15H17NO2S. The molecule has 1 aliphatic heterocycles. The van der Waals surface area contributed by atoms with Gasteiger partial charge >= 0.3 is 0 Å². The van der Waals surface area contributed by atoms with Gasteiger partial charge in [0.2, 0.25) is 5.91 Å². The van der Waals surface area contributed by atoms with E-state index in [0.717, 1.165) is 0 Å². The number of allylic oxidation sites excluding steroid dienone is 1. The summed E-state index contributed by atoms with van der Waals surface area (Å²) in [6.07, 6.45) is 1.49. The minimum absolute atomic E-state index is 0.0490. The molecule has 0 aliphatic carbocycles. The van der Waals surface area contributed by atoms with Gasteiger partial charge in [-0.3, -0.25) is 9.59 Å². The summed E-state index contributed by atoms with van der Waals surface area (Å²) in [7, 11) is 0. The molecular weight excluding hydrogens is 258 g/mol.